The van der Waals surface area contributed by atoms with Crippen molar-refractivity contribution in [2.45, 2.75) is 187 Å². The minimum Gasteiger partial charge on any atom is -0.462 e. The van der Waals surface area contributed by atoms with E-state index < -0.39 is 6.10 Å². The first-order valence-corrected chi connectivity index (χ1v) is 21.6. The Kier molecular flexibility index (Phi) is 39.7. The van der Waals surface area contributed by atoms with Crippen LogP contribution in [0, 0.1) is 0 Å². The Hall–Kier alpha value is -3.41. The molecule has 0 saturated carbocycles. The molecule has 6 heteroatoms. The maximum absolute atomic E-state index is 12.6. The summed E-state index contributed by atoms with van der Waals surface area (Å²) >= 11 is 0. The van der Waals surface area contributed by atoms with Crippen molar-refractivity contribution >= 4 is 17.9 Å². The van der Waals surface area contributed by atoms with Gasteiger partial charge in [0.15, 0.2) is 6.10 Å². The minimum absolute atomic E-state index is 0.107. The van der Waals surface area contributed by atoms with Crippen LogP contribution in [0.15, 0.2) is 85.1 Å². The lowest BCUT2D eigenvalue weighted by molar-refractivity contribution is -0.167. The van der Waals surface area contributed by atoms with Crippen LogP contribution in [-0.4, -0.2) is 37.2 Å². The van der Waals surface area contributed by atoms with E-state index in [1.807, 2.05) is 0 Å². The smallest absolute Gasteiger partial charge is 0.306 e. The molecule has 6 nitrogen and oxygen atoms in total. The van der Waals surface area contributed by atoms with Gasteiger partial charge in [0.1, 0.15) is 13.2 Å². The molecule has 0 aliphatic rings. The monoisotopic (exact) mass is 751 g/mol. The summed E-state index contributed by atoms with van der Waals surface area (Å²) in [6, 6.07) is 0. The van der Waals surface area contributed by atoms with E-state index in [1.165, 1.54) is 38.5 Å². The van der Waals surface area contributed by atoms with Gasteiger partial charge in [-0.2, -0.15) is 0 Å². The highest BCUT2D eigenvalue weighted by Crippen LogP contribution is 2.12. The van der Waals surface area contributed by atoms with E-state index in [4.69, 9.17) is 14.2 Å². The molecule has 1 unspecified atom stereocenters. The van der Waals surface area contributed by atoms with Crippen LogP contribution in [0.2, 0.25) is 0 Å². The van der Waals surface area contributed by atoms with Gasteiger partial charge in [0.25, 0.3) is 0 Å². The topological polar surface area (TPSA) is 78.9 Å². The number of carbonyl (C=O) groups is 3. The summed E-state index contributed by atoms with van der Waals surface area (Å²) in [5, 5.41) is 0. The van der Waals surface area contributed by atoms with Crippen molar-refractivity contribution in [3.8, 4) is 0 Å². The van der Waals surface area contributed by atoms with E-state index in [1.54, 1.807) is 0 Å². The Balaban J connectivity index is 4.48. The highest BCUT2D eigenvalue weighted by molar-refractivity contribution is 5.71. The second-order valence-electron chi connectivity index (χ2n) is 13.8. The van der Waals surface area contributed by atoms with Gasteiger partial charge >= 0.3 is 17.9 Å². The van der Waals surface area contributed by atoms with Gasteiger partial charge in [-0.05, 0) is 83.5 Å². The highest BCUT2D eigenvalue weighted by Gasteiger charge is 2.19. The van der Waals surface area contributed by atoms with E-state index in [0.717, 1.165) is 96.3 Å². The van der Waals surface area contributed by atoms with Gasteiger partial charge in [-0.1, -0.05) is 164 Å². The van der Waals surface area contributed by atoms with Gasteiger partial charge in [0.05, 0.1) is 0 Å². The average molecular weight is 751 g/mol. The van der Waals surface area contributed by atoms with Gasteiger partial charge in [-0.25, -0.2) is 0 Å². The Morgan fingerprint density at radius 3 is 1.19 bits per heavy atom. The summed E-state index contributed by atoms with van der Waals surface area (Å²) in [4.78, 5) is 37.6. The summed E-state index contributed by atoms with van der Waals surface area (Å²) in [6.07, 6.45) is 52.9. The molecule has 0 heterocycles. The van der Waals surface area contributed by atoms with Crippen molar-refractivity contribution in [1.82, 2.24) is 0 Å². The summed E-state index contributed by atoms with van der Waals surface area (Å²) in [5.41, 5.74) is 0. The molecule has 0 aromatic carbocycles. The zero-order valence-electron chi connectivity index (χ0n) is 34.7. The third kappa shape index (κ3) is 39.8. The number of ether oxygens (including phenoxy) is 3. The fraction of sp³-hybridized carbons (Fsp3) is 0.646. The lowest BCUT2D eigenvalue weighted by atomic mass is 10.1. The van der Waals surface area contributed by atoms with Crippen molar-refractivity contribution in [3.63, 3.8) is 0 Å². The number of esters is 3. The second-order valence-corrected chi connectivity index (χ2v) is 13.8. The molecule has 0 radical (unpaired) electrons. The van der Waals surface area contributed by atoms with Gasteiger partial charge in [0, 0.05) is 19.3 Å². The summed E-state index contributed by atoms with van der Waals surface area (Å²) in [5.74, 6) is -1.01. The van der Waals surface area contributed by atoms with E-state index in [0.29, 0.717) is 19.3 Å². The molecule has 0 aromatic rings. The molecule has 0 aliphatic carbocycles. The predicted molar refractivity (Wildman–Crippen MR) is 228 cm³/mol. The van der Waals surface area contributed by atoms with Crippen LogP contribution < -0.4 is 0 Å². The first-order valence-electron chi connectivity index (χ1n) is 21.6. The van der Waals surface area contributed by atoms with Crippen molar-refractivity contribution < 1.29 is 28.6 Å². The van der Waals surface area contributed by atoms with Crippen LogP contribution in [0.3, 0.4) is 0 Å². The third-order valence-electron chi connectivity index (χ3n) is 8.65. The molecule has 0 bridgehead atoms. The molecule has 0 rings (SSSR count). The summed E-state index contributed by atoms with van der Waals surface area (Å²) in [7, 11) is 0. The maximum Gasteiger partial charge on any atom is 0.306 e. The van der Waals surface area contributed by atoms with E-state index in [2.05, 4.69) is 106 Å². The molecule has 1 atom stereocenters. The van der Waals surface area contributed by atoms with Gasteiger partial charge in [-0.15, -0.1) is 0 Å². The van der Waals surface area contributed by atoms with Crippen LogP contribution in [-0.2, 0) is 28.6 Å². The minimum atomic E-state index is -0.811. The number of carbonyl (C=O) groups excluding carboxylic acids is 3. The largest absolute Gasteiger partial charge is 0.462 e. The number of unbranched alkanes of at least 4 members (excludes halogenated alkanes) is 12. The number of hydrogen-bond acceptors (Lipinski definition) is 6. The third-order valence-corrected chi connectivity index (χ3v) is 8.65. The normalized spacial score (nSPS) is 12.9. The highest BCUT2D eigenvalue weighted by atomic mass is 16.6. The zero-order valence-corrected chi connectivity index (χ0v) is 34.7. The molecule has 0 saturated heterocycles. The first-order chi connectivity index (χ1) is 26.5. The maximum atomic E-state index is 12.6. The van der Waals surface area contributed by atoms with Gasteiger partial charge in [0.2, 0.25) is 0 Å². The molecular weight excluding hydrogens is 673 g/mol. The molecule has 0 aromatic heterocycles. The van der Waals surface area contributed by atoms with Crippen molar-refractivity contribution in [1.29, 1.82) is 0 Å². The number of hydrogen-bond donors (Lipinski definition) is 0. The Morgan fingerprint density at radius 1 is 0.389 bits per heavy atom. The predicted octanol–water partition coefficient (Wildman–Crippen LogP) is 13.7. The SMILES string of the molecule is CC/C=C\C/C=C\C/C=C\C/C=C\CCCCCC(=O)OCC(COC(=O)CCCCCCCCCCC)OC(=O)CCC/C=C\C/C=C\C/C=C\CC. The molecule has 0 fully saturated rings. The first kappa shape index (κ1) is 50.6. The van der Waals surface area contributed by atoms with E-state index in [-0.39, 0.29) is 37.5 Å². The van der Waals surface area contributed by atoms with Gasteiger partial charge in [-0.3, -0.25) is 14.4 Å². The van der Waals surface area contributed by atoms with Crippen LogP contribution in [0.5, 0.6) is 0 Å². The van der Waals surface area contributed by atoms with Crippen LogP contribution in [0.1, 0.15) is 181 Å². The van der Waals surface area contributed by atoms with Gasteiger partial charge < -0.3 is 14.2 Å². The summed E-state index contributed by atoms with van der Waals surface area (Å²) in [6.45, 7) is 6.28. The van der Waals surface area contributed by atoms with Crippen LogP contribution >= 0.6 is 0 Å². The fourth-order valence-corrected chi connectivity index (χ4v) is 5.45. The van der Waals surface area contributed by atoms with E-state index in [9.17, 15) is 14.4 Å². The van der Waals surface area contributed by atoms with Crippen molar-refractivity contribution in [2.75, 3.05) is 13.2 Å². The Bertz CT molecular complexity index is 1090. The van der Waals surface area contributed by atoms with Crippen molar-refractivity contribution in [2.24, 2.45) is 0 Å². The molecular formula is C48H78O6. The fourth-order valence-electron chi connectivity index (χ4n) is 5.45. The van der Waals surface area contributed by atoms with E-state index >= 15 is 0 Å². The second kappa shape index (κ2) is 42.3. The summed E-state index contributed by atoms with van der Waals surface area (Å²) < 4.78 is 16.6. The van der Waals surface area contributed by atoms with Crippen LogP contribution in [0.4, 0.5) is 0 Å². The molecule has 306 valence electrons. The number of rotatable bonds is 37. The Morgan fingerprint density at radius 2 is 0.741 bits per heavy atom. The molecule has 0 amide bonds. The van der Waals surface area contributed by atoms with Crippen LogP contribution in [0.25, 0.3) is 0 Å². The number of allylic oxidation sites excluding steroid dienone is 14. The zero-order chi connectivity index (χ0) is 39.4. The standard InChI is InChI=1S/C48H78O6/c1-4-7-10-13-16-19-21-22-23-24-25-27-29-32-35-38-41-47(50)53-44-45(43-52-46(49)40-37-34-31-28-18-15-12-9-6-3)54-48(51)42-39-36-33-30-26-20-17-14-11-8-5-2/h7-8,10-11,16-17,19-20,22-23,25,27,30,33,45H,4-6,9,12-15,18,21,24,26,28-29,31-32,34-44H2,1-3H3/b10-7-,11-8-,19-16-,20-17-,23-22-,27-25-,33-30-. The lowest BCUT2D eigenvalue weighted by Crippen LogP contribution is -2.30. The molecule has 0 aliphatic heterocycles. The molecule has 0 N–H and O–H groups in total. The quantitative estimate of drug-likeness (QED) is 0.0272. The average Bonchev–Trinajstić information content (AvgIpc) is 3.17. The lowest BCUT2D eigenvalue weighted by Gasteiger charge is -2.18. The molecule has 54 heavy (non-hydrogen) atoms. The Labute approximate surface area is 331 Å². The molecule has 0 spiro atoms. The van der Waals surface area contributed by atoms with Crippen molar-refractivity contribution in [3.05, 3.63) is 85.1 Å².